The first-order valence-electron chi connectivity index (χ1n) is 2.88. The van der Waals surface area contributed by atoms with Crippen molar-refractivity contribution in [2.24, 2.45) is 5.41 Å². The Labute approximate surface area is 55.7 Å². The van der Waals surface area contributed by atoms with E-state index in [9.17, 15) is 0 Å². The Bertz CT molecular complexity index is 132. The molecule has 0 aromatic rings. The Morgan fingerprint density at radius 3 is 2.11 bits per heavy atom. The van der Waals surface area contributed by atoms with Gasteiger partial charge in [0.1, 0.15) is 0 Å². The summed E-state index contributed by atoms with van der Waals surface area (Å²) in [6.45, 7) is 5.32. The van der Waals surface area contributed by atoms with Crippen LogP contribution in [0.3, 0.4) is 0 Å². The number of hydrogen-bond acceptors (Lipinski definition) is 2. The average molecular weight is 127 g/mol. The normalized spacial score (nSPS) is 13.4. The monoisotopic (exact) mass is 127 g/mol. The van der Waals surface area contributed by atoms with E-state index >= 15 is 0 Å². The number of aliphatic hydroxyl groups is 1. The molecule has 0 unspecified atom stereocenters. The van der Waals surface area contributed by atoms with Gasteiger partial charge in [-0.1, -0.05) is 13.8 Å². The average Bonchev–Trinajstić information content (AvgIpc) is 1.63. The highest BCUT2D eigenvalue weighted by Gasteiger charge is 2.09. The van der Waals surface area contributed by atoms with Crippen LogP contribution in [0.4, 0.5) is 0 Å². The van der Waals surface area contributed by atoms with Gasteiger partial charge >= 0.3 is 0 Å². The maximum Gasteiger partial charge on any atom is 0.0861 e. The van der Waals surface area contributed by atoms with Gasteiger partial charge in [-0.05, 0) is 13.0 Å². The van der Waals surface area contributed by atoms with Crippen molar-refractivity contribution in [3.05, 3.63) is 11.8 Å². The number of allylic oxidation sites excluding steroid dienone is 2. The van der Waals surface area contributed by atoms with Crippen LogP contribution in [0.15, 0.2) is 11.8 Å². The summed E-state index contributed by atoms with van der Waals surface area (Å²) in [4.78, 5) is 0. The second-order valence-electron chi connectivity index (χ2n) is 2.75. The van der Waals surface area contributed by atoms with Crippen LogP contribution in [0.5, 0.6) is 0 Å². The van der Waals surface area contributed by atoms with Gasteiger partial charge < -0.3 is 10.5 Å². The first-order valence-corrected chi connectivity index (χ1v) is 2.88. The lowest BCUT2D eigenvalue weighted by Crippen LogP contribution is -2.08. The molecule has 0 aliphatic carbocycles. The minimum absolute atomic E-state index is 0.267. The summed E-state index contributed by atoms with van der Waals surface area (Å²) in [5.41, 5.74) is -0.307. The molecular weight excluding hydrogens is 114 g/mol. The van der Waals surface area contributed by atoms with Gasteiger partial charge in [-0.25, -0.2) is 0 Å². The minimum Gasteiger partial charge on any atom is -0.513 e. The molecule has 0 spiro atoms. The third kappa shape index (κ3) is 3.76. The number of hydrogen-bond donors (Lipinski definition) is 2. The van der Waals surface area contributed by atoms with E-state index in [1.807, 2.05) is 13.8 Å². The summed E-state index contributed by atoms with van der Waals surface area (Å²) in [5.74, 6) is 0.267. The largest absolute Gasteiger partial charge is 0.513 e. The van der Waals surface area contributed by atoms with Crippen molar-refractivity contribution in [1.29, 1.82) is 5.41 Å². The lowest BCUT2D eigenvalue weighted by atomic mass is 9.95. The van der Waals surface area contributed by atoms with Crippen LogP contribution in [0.1, 0.15) is 20.8 Å². The van der Waals surface area contributed by atoms with E-state index in [1.165, 1.54) is 6.21 Å². The van der Waals surface area contributed by atoms with Gasteiger partial charge in [0.05, 0.1) is 5.76 Å². The highest BCUT2D eigenvalue weighted by molar-refractivity contribution is 5.64. The summed E-state index contributed by atoms with van der Waals surface area (Å²) < 4.78 is 0. The molecule has 0 atom stereocenters. The molecule has 0 saturated heterocycles. The van der Waals surface area contributed by atoms with Crippen molar-refractivity contribution in [2.75, 3.05) is 0 Å². The Hall–Kier alpha value is -0.790. The summed E-state index contributed by atoms with van der Waals surface area (Å²) in [6, 6.07) is 0. The fourth-order valence-electron chi connectivity index (χ4n) is 0.580. The van der Waals surface area contributed by atoms with E-state index in [4.69, 9.17) is 10.5 Å². The second kappa shape index (κ2) is 2.67. The molecular formula is C7H13NO. The molecule has 0 saturated carbocycles. The van der Waals surface area contributed by atoms with E-state index in [0.717, 1.165) is 0 Å². The van der Waals surface area contributed by atoms with Gasteiger partial charge in [-0.15, -0.1) is 0 Å². The van der Waals surface area contributed by atoms with Crippen molar-refractivity contribution < 1.29 is 5.11 Å². The second-order valence-corrected chi connectivity index (χ2v) is 2.75. The van der Waals surface area contributed by atoms with E-state index in [2.05, 4.69) is 0 Å². The van der Waals surface area contributed by atoms with E-state index in [-0.39, 0.29) is 11.2 Å². The maximum atomic E-state index is 8.78. The molecule has 52 valence electrons. The molecule has 0 aromatic carbocycles. The Kier molecular flexibility index (Phi) is 2.43. The minimum atomic E-state index is -0.307. The van der Waals surface area contributed by atoms with Crippen LogP contribution in [0, 0.1) is 10.8 Å². The number of nitrogens with one attached hydrogen (secondary N) is 1. The van der Waals surface area contributed by atoms with Crippen LogP contribution >= 0.6 is 0 Å². The van der Waals surface area contributed by atoms with Gasteiger partial charge in [0.25, 0.3) is 0 Å². The molecule has 0 aromatic heterocycles. The number of aliphatic hydroxyl groups excluding tert-OH is 1. The third-order valence-corrected chi connectivity index (χ3v) is 0.953. The molecule has 2 heteroatoms. The van der Waals surface area contributed by atoms with E-state index in [1.54, 1.807) is 13.0 Å². The van der Waals surface area contributed by atoms with Gasteiger partial charge in [0, 0.05) is 11.6 Å². The van der Waals surface area contributed by atoms with Crippen molar-refractivity contribution >= 4 is 6.21 Å². The zero-order valence-corrected chi connectivity index (χ0v) is 6.10. The predicted octanol–water partition coefficient (Wildman–Crippen LogP) is 2.12. The van der Waals surface area contributed by atoms with Crippen molar-refractivity contribution in [3.63, 3.8) is 0 Å². The smallest absolute Gasteiger partial charge is 0.0861 e. The first kappa shape index (κ1) is 8.21. The van der Waals surface area contributed by atoms with Crippen molar-refractivity contribution in [1.82, 2.24) is 0 Å². The number of rotatable bonds is 2. The summed E-state index contributed by atoms with van der Waals surface area (Å²) in [7, 11) is 0. The molecule has 0 fully saturated rings. The summed E-state index contributed by atoms with van der Waals surface area (Å²) in [6.07, 6.45) is 2.94. The van der Waals surface area contributed by atoms with Gasteiger partial charge in [0.15, 0.2) is 0 Å². The van der Waals surface area contributed by atoms with Crippen LogP contribution < -0.4 is 0 Å². The quantitative estimate of drug-likeness (QED) is 0.433. The lowest BCUT2D eigenvalue weighted by molar-refractivity contribution is 0.403. The van der Waals surface area contributed by atoms with Crippen LogP contribution in [0.25, 0.3) is 0 Å². The SMILES string of the molecule is C/C(O)=C/C(C)(C)C=N. The third-order valence-electron chi connectivity index (χ3n) is 0.953. The highest BCUT2D eigenvalue weighted by Crippen LogP contribution is 2.14. The van der Waals surface area contributed by atoms with Gasteiger partial charge in [0.2, 0.25) is 0 Å². The molecule has 0 aliphatic rings. The van der Waals surface area contributed by atoms with E-state index in [0.29, 0.717) is 0 Å². The first-order chi connectivity index (χ1) is 3.98. The van der Waals surface area contributed by atoms with Gasteiger partial charge in [-0.2, -0.15) is 0 Å². The van der Waals surface area contributed by atoms with Gasteiger partial charge in [-0.3, -0.25) is 0 Å². The molecule has 0 aliphatic heterocycles. The topological polar surface area (TPSA) is 44.1 Å². The Morgan fingerprint density at radius 2 is 2.00 bits per heavy atom. The highest BCUT2D eigenvalue weighted by atomic mass is 16.3. The fraction of sp³-hybridized carbons (Fsp3) is 0.571. The molecule has 0 amide bonds. The molecule has 2 N–H and O–H groups in total. The van der Waals surface area contributed by atoms with Crippen LogP contribution in [-0.2, 0) is 0 Å². The summed E-state index contributed by atoms with van der Waals surface area (Å²) in [5, 5.41) is 15.7. The van der Waals surface area contributed by atoms with E-state index < -0.39 is 0 Å². The maximum absolute atomic E-state index is 8.78. The molecule has 0 rings (SSSR count). The molecule has 0 heterocycles. The zero-order valence-electron chi connectivity index (χ0n) is 6.10. The molecule has 0 bridgehead atoms. The lowest BCUT2D eigenvalue weighted by Gasteiger charge is -2.11. The standard InChI is InChI=1S/C7H13NO/c1-6(9)4-7(2,3)5-8/h4-5,8-9H,1-3H3/b6-4-,8-5?. The Balaban J connectivity index is 4.18. The molecule has 9 heavy (non-hydrogen) atoms. The Morgan fingerprint density at radius 1 is 1.56 bits per heavy atom. The van der Waals surface area contributed by atoms with Crippen molar-refractivity contribution in [3.8, 4) is 0 Å². The summed E-state index contributed by atoms with van der Waals surface area (Å²) >= 11 is 0. The van der Waals surface area contributed by atoms with Crippen LogP contribution in [0.2, 0.25) is 0 Å². The van der Waals surface area contributed by atoms with Crippen molar-refractivity contribution in [2.45, 2.75) is 20.8 Å². The predicted molar refractivity (Wildman–Crippen MR) is 39.0 cm³/mol. The zero-order chi connectivity index (χ0) is 7.49. The molecule has 2 nitrogen and oxygen atoms in total. The van der Waals surface area contributed by atoms with Crippen LogP contribution in [-0.4, -0.2) is 11.3 Å². The fourth-order valence-corrected chi connectivity index (χ4v) is 0.580. The molecule has 0 radical (unpaired) electrons.